The average molecular weight is 289 g/mol. The van der Waals surface area contributed by atoms with Crippen LogP contribution in [0.1, 0.15) is 31.2 Å². The van der Waals surface area contributed by atoms with Gasteiger partial charge in [0.1, 0.15) is 11.8 Å². The molecule has 1 saturated carbocycles. The minimum atomic E-state index is -1.07. The molecule has 5 nitrogen and oxygen atoms in total. The number of Topliss-reactive ketones (excluding diaryl/α,β-unsaturated/α-hetero) is 1. The number of hydrogen-bond acceptors (Lipinski definition) is 3. The summed E-state index contributed by atoms with van der Waals surface area (Å²) in [7, 11) is 0. The molecule has 0 bridgehead atoms. The van der Waals surface area contributed by atoms with E-state index in [4.69, 9.17) is 0 Å². The van der Waals surface area contributed by atoms with Crippen molar-refractivity contribution < 1.29 is 19.5 Å². The summed E-state index contributed by atoms with van der Waals surface area (Å²) in [4.78, 5) is 34.8. The molecule has 1 aliphatic carbocycles. The minimum absolute atomic E-state index is 0.0785. The molecule has 1 amide bonds. The molecular weight excluding hydrogens is 270 g/mol. The second kappa shape index (κ2) is 7.02. The largest absolute Gasteiger partial charge is 0.480 e. The lowest BCUT2D eigenvalue weighted by atomic mass is 9.83. The molecule has 2 atom stereocenters. The standard InChI is InChI=1S/C16H19NO4/c18-13-8-4-7-12(10-13)15(16(20)21)17-14(19)9-11-5-2-1-3-6-11/h1-3,5-6,12,15H,4,7-10H2,(H,17,19)(H,20,21)/t12-,15-/m0/s1. The lowest BCUT2D eigenvalue weighted by Gasteiger charge is -2.27. The number of rotatable bonds is 5. The molecule has 0 aliphatic heterocycles. The first kappa shape index (κ1) is 15.2. The lowest BCUT2D eigenvalue weighted by molar-refractivity contribution is -0.144. The van der Waals surface area contributed by atoms with Gasteiger partial charge in [0.2, 0.25) is 5.91 Å². The van der Waals surface area contributed by atoms with Gasteiger partial charge in [-0.15, -0.1) is 0 Å². The molecule has 2 rings (SSSR count). The summed E-state index contributed by atoms with van der Waals surface area (Å²) in [6.07, 6.45) is 2.25. The number of amides is 1. The molecule has 1 aromatic rings. The van der Waals surface area contributed by atoms with E-state index in [0.29, 0.717) is 19.3 Å². The second-order valence-electron chi connectivity index (χ2n) is 5.44. The molecule has 0 radical (unpaired) electrons. The Hall–Kier alpha value is -2.17. The van der Waals surface area contributed by atoms with E-state index in [2.05, 4.69) is 5.32 Å². The Labute approximate surface area is 123 Å². The molecule has 112 valence electrons. The van der Waals surface area contributed by atoms with E-state index in [1.807, 2.05) is 30.3 Å². The van der Waals surface area contributed by atoms with E-state index >= 15 is 0 Å². The van der Waals surface area contributed by atoms with Gasteiger partial charge in [-0.25, -0.2) is 4.79 Å². The molecule has 1 aromatic carbocycles. The third-order valence-corrected chi connectivity index (χ3v) is 3.78. The SMILES string of the molecule is O=C1CCC[C@H]([C@H](NC(=O)Cc2ccccc2)C(=O)O)C1. The minimum Gasteiger partial charge on any atom is -0.480 e. The van der Waals surface area contributed by atoms with Crippen molar-refractivity contribution in [3.05, 3.63) is 35.9 Å². The van der Waals surface area contributed by atoms with E-state index in [-0.39, 0.29) is 30.4 Å². The van der Waals surface area contributed by atoms with Crippen molar-refractivity contribution >= 4 is 17.7 Å². The van der Waals surface area contributed by atoms with Crippen LogP contribution in [-0.4, -0.2) is 28.8 Å². The summed E-state index contributed by atoms with van der Waals surface area (Å²) < 4.78 is 0. The van der Waals surface area contributed by atoms with Gasteiger partial charge in [0.25, 0.3) is 0 Å². The molecule has 1 fully saturated rings. The van der Waals surface area contributed by atoms with Gasteiger partial charge in [-0.2, -0.15) is 0 Å². The molecule has 0 spiro atoms. The first-order valence-electron chi connectivity index (χ1n) is 7.14. The molecule has 0 heterocycles. The maximum atomic E-state index is 12.0. The lowest BCUT2D eigenvalue weighted by Crippen LogP contribution is -2.47. The predicted octanol–water partition coefficient (Wildman–Crippen LogP) is 1.56. The first-order valence-corrected chi connectivity index (χ1v) is 7.14. The normalized spacial score (nSPS) is 19.8. The van der Waals surface area contributed by atoms with Crippen molar-refractivity contribution in [2.45, 2.75) is 38.1 Å². The fourth-order valence-electron chi connectivity index (χ4n) is 2.73. The Morgan fingerprint density at radius 2 is 2.00 bits per heavy atom. The van der Waals surface area contributed by atoms with Crippen LogP contribution >= 0.6 is 0 Å². The molecule has 21 heavy (non-hydrogen) atoms. The number of carboxylic acid groups (broad SMARTS) is 1. The Morgan fingerprint density at radius 1 is 1.29 bits per heavy atom. The van der Waals surface area contributed by atoms with Gasteiger partial charge in [0, 0.05) is 12.8 Å². The fourth-order valence-corrected chi connectivity index (χ4v) is 2.73. The van der Waals surface area contributed by atoms with Crippen molar-refractivity contribution in [2.24, 2.45) is 5.92 Å². The summed E-state index contributed by atoms with van der Waals surface area (Å²) >= 11 is 0. The Balaban J connectivity index is 1.97. The van der Waals surface area contributed by atoms with E-state index in [9.17, 15) is 19.5 Å². The van der Waals surface area contributed by atoms with Gasteiger partial charge in [0.05, 0.1) is 6.42 Å². The quantitative estimate of drug-likeness (QED) is 0.861. The monoisotopic (exact) mass is 289 g/mol. The Morgan fingerprint density at radius 3 is 2.62 bits per heavy atom. The van der Waals surface area contributed by atoms with Crippen LogP contribution in [0.15, 0.2) is 30.3 Å². The molecule has 2 N–H and O–H groups in total. The number of carbonyl (C=O) groups is 3. The topological polar surface area (TPSA) is 83.5 Å². The highest BCUT2D eigenvalue weighted by atomic mass is 16.4. The van der Waals surface area contributed by atoms with Crippen molar-refractivity contribution in [1.29, 1.82) is 0 Å². The van der Waals surface area contributed by atoms with Crippen LogP contribution in [0.4, 0.5) is 0 Å². The highest BCUT2D eigenvalue weighted by Crippen LogP contribution is 2.24. The summed E-state index contributed by atoms with van der Waals surface area (Å²) in [5, 5.41) is 11.9. The van der Waals surface area contributed by atoms with E-state index in [1.165, 1.54) is 0 Å². The summed E-state index contributed by atoms with van der Waals surface area (Å²) in [6.45, 7) is 0. The highest BCUT2D eigenvalue weighted by molar-refractivity contribution is 5.86. The van der Waals surface area contributed by atoms with Gasteiger partial charge >= 0.3 is 5.97 Å². The van der Waals surface area contributed by atoms with Gasteiger partial charge < -0.3 is 10.4 Å². The van der Waals surface area contributed by atoms with Crippen LogP contribution in [-0.2, 0) is 20.8 Å². The maximum absolute atomic E-state index is 12.0. The van der Waals surface area contributed by atoms with Crippen molar-refractivity contribution in [3.63, 3.8) is 0 Å². The summed E-state index contributed by atoms with van der Waals surface area (Å²) in [6, 6.07) is 8.17. The zero-order chi connectivity index (χ0) is 15.2. The smallest absolute Gasteiger partial charge is 0.326 e. The molecule has 0 saturated heterocycles. The van der Waals surface area contributed by atoms with Crippen LogP contribution in [0.25, 0.3) is 0 Å². The van der Waals surface area contributed by atoms with Crippen molar-refractivity contribution in [2.75, 3.05) is 0 Å². The summed E-state index contributed by atoms with van der Waals surface area (Å²) in [5.41, 5.74) is 0.832. The fraction of sp³-hybridized carbons (Fsp3) is 0.438. The molecule has 1 aliphatic rings. The third kappa shape index (κ3) is 4.41. The Bertz CT molecular complexity index is 526. The number of carbonyl (C=O) groups excluding carboxylic acids is 2. The average Bonchev–Trinajstić information content (AvgIpc) is 2.45. The van der Waals surface area contributed by atoms with E-state index in [1.54, 1.807) is 0 Å². The van der Waals surface area contributed by atoms with Gasteiger partial charge in [-0.05, 0) is 24.3 Å². The second-order valence-corrected chi connectivity index (χ2v) is 5.44. The van der Waals surface area contributed by atoms with Crippen LogP contribution < -0.4 is 5.32 Å². The molecule has 5 heteroatoms. The van der Waals surface area contributed by atoms with Crippen molar-refractivity contribution in [3.8, 4) is 0 Å². The van der Waals surface area contributed by atoms with E-state index < -0.39 is 12.0 Å². The zero-order valence-corrected chi connectivity index (χ0v) is 11.7. The zero-order valence-electron chi connectivity index (χ0n) is 11.7. The first-order chi connectivity index (χ1) is 10.1. The molecular formula is C16H19NO4. The van der Waals surface area contributed by atoms with Gasteiger partial charge in [-0.3, -0.25) is 9.59 Å². The number of ketones is 1. The van der Waals surface area contributed by atoms with Gasteiger partial charge in [0.15, 0.2) is 0 Å². The maximum Gasteiger partial charge on any atom is 0.326 e. The number of benzene rings is 1. The number of carboxylic acids is 1. The van der Waals surface area contributed by atoms with Crippen molar-refractivity contribution in [1.82, 2.24) is 5.32 Å². The van der Waals surface area contributed by atoms with Crippen LogP contribution in [0, 0.1) is 5.92 Å². The molecule has 0 aromatic heterocycles. The van der Waals surface area contributed by atoms with Gasteiger partial charge in [-0.1, -0.05) is 30.3 Å². The van der Waals surface area contributed by atoms with Crippen LogP contribution in [0.5, 0.6) is 0 Å². The number of nitrogens with one attached hydrogen (secondary N) is 1. The number of aliphatic carboxylic acids is 1. The van der Waals surface area contributed by atoms with E-state index in [0.717, 1.165) is 5.56 Å². The number of hydrogen-bond donors (Lipinski definition) is 2. The molecule has 0 unspecified atom stereocenters. The highest BCUT2D eigenvalue weighted by Gasteiger charge is 2.33. The summed E-state index contributed by atoms with van der Waals surface area (Å²) in [5.74, 6) is -1.62. The third-order valence-electron chi connectivity index (χ3n) is 3.78. The van der Waals surface area contributed by atoms with Crippen LogP contribution in [0.3, 0.4) is 0 Å². The Kier molecular flexibility index (Phi) is 5.09. The van der Waals surface area contributed by atoms with Crippen LogP contribution in [0.2, 0.25) is 0 Å². The predicted molar refractivity (Wildman–Crippen MR) is 76.7 cm³/mol.